The minimum absolute atomic E-state index is 0.100. The van der Waals surface area contributed by atoms with Crippen LogP contribution in [0, 0.1) is 16.2 Å². The predicted octanol–water partition coefficient (Wildman–Crippen LogP) is 1.43. The number of fused-ring (bicyclic) bond motifs is 2. The van der Waals surface area contributed by atoms with Gasteiger partial charge >= 0.3 is 5.97 Å². The van der Waals surface area contributed by atoms with E-state index in [1.165, 1.54) is 0 Å². The van der Waals surface area contributed by atoms with Crippen molar-refractivity contribution in [1.29, 1.82) is 0 Å². The van der Waals surface area contributed by atoms with Crippen molar-refractivity contribution in [2.24, 2.45) is 16.2 Å². The fraction of sp³-hybridized carbons (Fsp3) is 0.750. The van der Waals surface area contributed by atoms with Crippen molar-refractivity contribution in [2.45, 2.75) is 40.0 Å². The highest BCUT2D eigenvalue weighted by Crippen LogP contribution is 2.66. The molecule has 4 heteroatoms. The van der Waals surface area contributed by atoms with Crippen LogP contribution in [0.4, 0.5) is 0 Å². The van der Waals surface area contributed by atoms with Crippen LogP contribution in [-0.4, -0.2) is 22.6 Å². The van der Waals surface area contributed by atoms with E-state index < -0.39 is 28.0 Å². The second-order valence-corrected chi connectivity index (χ2v) is 5.69. The van der Waals surface area contributed by atoms with Gasteiger partial charge in [-0.3, -0.25) is 14.4 Å². The SMILES string of the molecule is CC1(C)[C@@]2(C(=O)O)CC[C@@]1(C)C(=O)CC2=O. The van der Waals surface area contributed by atoms with Gasteiger partial charge in [0, 0.05) is 10.8 Å². The molecule has 4 nitrogen and oxygen atoms in total. The molecule has 0 spiro atoms. The zero-order valence-corrected chi connectivity index (χ0v) is 9.79. The zero-order chi connectivity index (χ0) is 12.4. The van der Waals surface area contributed by atoms with Gasteiger partial charge in [-0.15, -0.1) is 0 Å². The van der Waals surface area contributed by atoms with E-state index in [1.807, 2.05) is 0 Å². The van der Waals surface area contributed by atoms with Crippen molar-refractivity contribution < 1.29 is 19.5 Å². The lowest BCUT2D eigenvalue weighted by molar-refractivity contribution is -0.171. The summed E-state index contributed by atoms with van der Waals surface area (Å²) in [5.74, 6) is -1.58. The molecule has 16 heavy (non-hydrogen) atoms. The van der Waals surface area contributed by atoms with Crippen LogP contribution in [0.2, 0.25) is 0 Å². The Bertz CT molecular complexity index is 409. The summed E-state index contributed by atoms with van der Waals surface area (Å²) in [6.07, 6.45) is 0.569. The first-order valence-corrected chi connectivity index (χ1v) is 5.50. The van der Waals surface area contributed by atoms with Crippen molar-refractivity contribution in [2.75, 3.05) is 0 Å². The van der Waals surface area contributed by atoms with Crippen molar-refractivity contribution in [3.05, 3.63) is 0 Å². The molecule has 2 rings (SSSR count). The van der Waals surface area contributed by atoms with Crippen molar-refractivity contribution in [3.8, 4) is 0 Å². The maximum atomic E-state index is 12.0. The van der Waals surface area contributed by atoms with Crippen LogP contribution >= 0.6 is 0 Å². The van der Waals surface area contributed by atoms with Gasteiger partial charge in [0.2, 0.25) is 0 Å². The summed E-state index contributed by atoms with van der Waals surface area (Å²) in [6, 6.07) is 0. The van der Waals surface area contributed by atoms with Gasteiger partial charge in [-0.1, -0.05) is 20.8 Å². The summed E-state index contributed by atoms with van der Waals surface area (Å²) >= 11 is 0. The molecule has 1 N–H and O–H groups in total. The lowest BCUT2D eigenvalue weighted by atomic mass is 9.51. The van der Waals surface area contributed by atoms with E-state index >= 15 is 0 Å². The normalized spacial score (nSPS) is 41.2. The maximum absolute atomic E-state index is 12.0. The second-order valence-electron chi connectivity index (χ2n) is 5.69. The molecule has 0 radical (unpaired) electrons. The molecule has 2 saturated carbocycles. The Morgan fingerprint density at radius 1 is 1.12 bits per heavy atom. The predicted molar refractivity (Wildman–Crippen MR) is 55.8 cm³/mol. The minimum Gasteiger partial charge on any atom is -0.480 e. The van der Waals surface area contributed by atoms with Crippen LogP contribution in [0.25, 0.3) is 0 Å². The Hall–Kier alpha value is -1.19. The van der Waals surface area contributed by atoms with Crippen LogP contribution in [0.3, 0.4) is 0 Å². The van der Waals surface area contributed by atoms with E-state index in [0.717, 1.165) is 0 Å². The van der Waals surface area contributed by atoms with Gasteiger partial charge in [-0.25, -0.2) is 0 Å². The highest BCUT2D eigenvalue weighted by Gasteiger charge is 2.73. The smallest absolute Gasteiger partial charge is 0.317 e. The van der Waals surface area contributed by atoms with E-state index in [2.05, 4.69) is 0 Å². The van der Waals surface area contributed by atoms with E-state index in [0.29, 0.717) is 6.42 Å². The first-order chi connectivity index (χ1) is 7.20. The molecular formula is C12H16O4. The first kappa shape index (κ1) is 11.3. The second kappa shape index (κ2) is 2.73. The van der Waals surface area contributed by atoms with Crippen molar-refractivity contribution in [1.82, 2.24) is 0 Å². The monoisotopic (exact) mass is 224 g/mol. The molecule has 2 bridgehead atoms. The lowest BCUT2D eigenvalue weighted by Gasteiger charge is -2.48. The fourth-order valence-corrected chi connectivity index (χ4v) is 3.49. The Balaban J connectivity index is 2.69. The number of hydrogen-bond acceptors (Lipinski definition) is 3. The Morgan fingerprint density at radius 2 is 1.69 bits per heavy atom. The molecule has 0 unspecified atom stereocenters. The number of hydrogen-bond donors (Lipinski definition) is 1. The molecule has 0 aromatic carbocycles. The van der Waals surface area contributed by atoms with Crippen molar-refractivity contribution in [3.63, 3.8) is 0 Å². The molecule has 88 valence electrons. The van der Waals surface area contributed by atoms with Gasteiger partial charge in [-0.05, 0) is 12.8 Å². The van der Waals surface area contributed by atoms with Crippen LogP contribution in [0.15, 0.2) is 0 Å². The summed E-state index contributed by atoms with van der Waals surface area (Å²) in [4.78, 5) is 35.4. The summed E-state index contributed by atoms with van der Waals surface area (Å²) in [5, 5.41) is 9.39. The number of carboxylic acids is 1. The average Bonchev–Trinajstić information content (AvgIpc) is 2.29. The van der Waals surface area contributed by atoms with E-state index in [4.69, 9.17) is 0 Å². The van der Waals surface area contributed by atoms with Gasteiger partial charge in [0.15, 0.2) is 5.78 Å². The van der Waals surface area contributed by atoms with E-state index in [9.17, 15) is 19.5 Å². The van der Waals surface area contributed by atoms with Crippen LogP contribution in [0.1, 0.15) is 40.0 Å². The third-order valence-electron chi connectivity index (χ3n) is 5.22. The Kier molecular flexibility index (Phi) is 1.93. The Labute approximate surface area is 94.0 Å². The van der Waals surface area contributed by atoms with Crippen LogP contribution in [0.5, 0.6) is 0 Å². The van der Waals surface area contributed by atoms with Crippen LogP contribution < -0.4 is 0 Å². The number of carbonyl (C=O) groups is 3. The molecule has 0 aliphatic heterocycles. The highest BCUT2D eigenvalue weighted by atomic mass is 16.4. The third kappa shape index (κ3) is 0.851. The average molecular weight is 224 g/mol. The zero-order valence-electron chi connectivity index (χ0n) is 9.79. The molecular weight excluding hydrogens is 208 g/mol. The standard InChI is InChI=1S/C12H16O4/c1-10(2)11(3)4-5-12(10,9(15)16)8(14)6-7(11)13/h4-6H2,1-3H3,(H,15,16)/t11-,12-/m0/s1. The summed E-state index contributed by atoms with van der Waals surface area (Å²) in [5.41, 5.74) is -2.81. The molecule has 2 aliphatic carbocycles. The molecule has 0 aromatic heterocycles. The van der Waals surface area contributed by atoms with Gasteiger partial charge in [0.25, 0.3) is 0 Å². The summed E-state index contributed by atoms with van der Waals surface area (Å²) in [6.45, 7) is 5.28. The van der Waals surface area contributed by atoms with Gasteiger partial charge in [0.1, 0.15) is 11.2 Å². The number of aliphatic carboxylic acids is 1. The number of carbonyl (C=O) groups excluding carboxylic acids is 2. The van der Waals surface area contributed by atoms with Gasteiger partial charge in [0.05, 0.1) is 6.42 Å². The molecule has 2 aliphatic rings. The molecule has 0 saturated heterocycles. The maximum Gasteiger partial charge on any atom is 0.317 e. The highest BCUT2D eigenvalue weighted by molar-refractivity contribution is 6.16. The topological polar surface area (TPSA) is 71.4 Å². The summed E-state index contributed by atoms with van der Waals surface area (Å²) in [7, 11) is 0. The minimum atomic E-state index is -1.35. The number of ketones is 2. The number of Topliss-reactive ketones (excluding diaryl/α,β-unsaturated/α-hetero) is 2. The lowest BCUT2D eigenvalue weighted by Crippen LogP contribution is -2.58. The molecule has 0 amide bonds. The molecule has 2 atom stereocenters. The van der Waals surface area contributed by atoms with E-state index in [-0.39, 0.29) is 18.6 Å². The van der Waals surface area contributed by atoms with Crippen molar-refractivity contribution >= 4 is 17.5 Å². The third-order valence-corrected chi connectivity index (χ3v) is 5.22. The van der Waals surface area contributed by atoms with Crippen LogP contribution in [-0.2, 0) is 14.4 Å². The number of carboxylic acid groups (broad SMARTS) is 1. The molecule has 0 heterocycles. The largest absolute Gasteiger partial charge is 0.480 e. The van der Waals surface area contributed by atoms with Gasteiger partial charge < -0.3 is 5.11 Å². The fourth-order valence-electron chi connectivity index (χ4n) is 3.49. The summed E-state index contributed by atoms with van der Waals surface area (Å²) < 4.78 is 0. The number of rotatable bonds is 1. The first-order valence-electron chi connectivity index (χ1n) is 5.50. The van der Waals surface area contributed by atoms with Gasteiger partial charge in [-0.2, -0.15) is 0 Å². The quantitative estimate of drug-likeness (QED) is 0.684. The molecule has 2 fully saturated rings. The molecule has 0 aromatic rings. The Morgan fingerprint density at radius 3 is 2.19 bits per heavy atom. The van der Waals surface area contributed by atoms with E-state index in [1.54, 1.807) is 20.8 Å².